The third kappa shape index (κ3) is 3.69. The first-order valence-electron chi connectivity index (χ1n) is 1.44. The summed E-state index contributed by atoms with van der Waals surface area (Å²) in [7, 11) is 1.69. The molecule has 0 aromatic carbocycles. The van der Waals surface area contributed by atoms with Crippen LogP contribution in [-0.4, -0.2) is 19.3 Å². The molecule has 0 spiro atoms. The van der Waals surface area contributed by atoms with Crippen LogP contribution in [0.3, 0.4) is 0 Å². The van der Waals surface area contributed by atoms with Crippen LogP contribution in [0.25, 0.3) is 0 Å². The van der Waals surface area contributed by atoms with E-state index in [1.54, 1.807) is 12.6 Å². The maximum Gasteiger partial charge on any atom is 0.0767 e. The number of hydrogen-bond acceptors (Lipinski definition) is 3. The zero-order valence-corrected chi connectivity index (χ0v) is 4.40. The first-order valence-corrected chi connectivity index (χ1v) is 2.28. The number of nitrogens with zero attached hydrogens (tertiary/aromatic N) is 2. The fourth-order valence-corrected chi connectivity index (χ4v) is 0.241. The molecule has 0 aromatic rings. The number of rotatable bonds is 2. The quantitative estimate of drug-likeness (QED) is 0.290. The first-order chi connectivity index (χ1) is 2.91. The summed E-state index contributed by atoms with van der Waals surface area (Å²) in [6.45, 7) is 3.22. The fraction of sp³-hybridized carbons (Fsp3) is 0.333. The molecule has 0 atom stereocenters. The molecule has 0 N–H and O–H groups in total. The van der Waals surface area contributed by atoms with Crippen molar-refractivity contribution in [3.63, 3.8) is 0 Å². The van der Waals surface area contributed by atoms with Gasteiger partial charge in [-0.05, 0) is 6.72 Å². The first kappa shape index (κ1) is 5.69. The standard InChI is InChI=1S/C3H6N2S/c1-4-3-6-5-2/h3H,2H2,1H3/b4-3-. The molecular weight excluding hydrogens is 96.1 g/mol. The van der Waals surface area contributed by atoms with Crippen LogP contribution in [0.1, 0.15) is 0 Å². The van der Waals surface area contributed by atoms with Gasteiger partial charge in [0.15, 0.2) is 0 Å². The van der Waals surface area contributed by atoms with E-state index in [9.17, 15) is 0 Å². The van der Waals surface area contributed by atoms with Crippen molar-refractivity contribution in [1.82, 2.24) is 0 Å². The molecule has 0 heterocycles. The van der Waals surface area contributed by atoms with Crippen molar-refractivity contribution in [2.45, 2.75) is 0 Å². The highest BCUT2D eigenvalue weighted by Gasteiger charge is 1.59. The topological polar surface area (TPSA) is 24.7 Å². The average Bonchev–Trinajstić information content (AvgIpc) is 1.61. The van der Waals surface area contributed by atoms with Crippen LogP contribution < -0.4 is 0 Å². The van der Waals surface area contributed by atoms with Crippen molar-refractivity contribution in [2.75, 3.05) is 7.05 Å². The lowest BCUT2D eigenvalue weighted by atomic mass is 11.4. The Labute approximate surface area is 41.5 Å². The van der Waals surface area contributed by atoms with Gasteiger partial charge in [0, 0.05) is 19.0 Å². The second-order valence-corrected chi connectivity index (χ2v) is 1.28. The van der Waals surface area contributed by atoms with Crippen LogP contribution in [0.15, 0.2) is 9.39 Å². The molecule has 0 rings (SSSR count). The Morgan fingerprint density at radius 2 is 2.50 bits per heavy atom. The van der Waals surface area contributed by atoms with Crippen LogP contribution in [0.2, 0.25) is 0 Å². The summed E-state index contributed by atoms with van der Waals surface area (Å²) in [5.41, 5.74) is 1.62. The van der Waals surface area contributed by atoms with Gasteiger partial charge in [0.05, 0.1) is 5.55 Å². The van der Waals surface area contributed by atoms with E-state index in [1.165, 1.54) is 11.9 Å². The molecule has 2 nitrogen and oxygen atoms in total. The molecule has 3 heteroatoms. The second-order valence-electron chi connectivity index (χ2n) is 0.598. The van der Waals surface area contributed by atoms with Crippen LogP contribution in [0.4, 0.5) is 0 Å². The molecule has 34 valence electrons. The SMILES string of the molecule is C=NS/C=N\C. The fourth-order valence-electron chi connectivity index (χ4n) is 0.0805. The minimum absolute atomic E-state index is 1.23. The second kappa shape index (κ2) is 4.69. The van der Waals surface area contributed by atoms with Crippen LogP contribution in [-0.2, 0) is 0 Å². The summed E-state index contributed by atoms with van der Waals surface area (Å²) in [4.78, 5) is 3.63. The van der Waals surface area contributed by atoms with Crippen molar-refractivity contribution < 1.29 is 0 Å². The normalized spacial score (nSPS) is 9.50. The van der Waals surface area contributed by atoms with E-state index in [2.05, 4.69) is 16.1 Å². The Kier molecular flexibility index (Phi) is 4.45. The molecule has 0 saturated carbocycles. The third-order valence-electron chi connectivity index (χ3n) is 0.227. The Hall–Kier alpha value is -0.310. The summed E-state index contributed by atoms with van der Waals surface area (Å²) in [5.74, 6) is 0. The van der Waals surface area contributed by atoms with E-state index >= 15 is 0 Å². The van der Waals surface area contributed by atoms with Gasteiger partial charge in [-0.15, -0.1) is 0 Å². The van der Waals surface area contributed by atoms with Crippen molar-refractivity contribution in [3.05, 3.63) is 0 Å². The summed E-state index contributed by atoms with van der Waals surface area (Å²) >= 11 is 1.23. The summed E-state index contributed by atoms with van der Waals surface area (Å²) < 4.78 is 3.44. The van der Waals surface area contributed by atoms with E-state index in [4.69, 9.17) is 0 Å². The molecular formula is C3H6N2S. The van der Waals surface area contributed by atoms with E-state index in [0.29, 0.717) is 0 Å². The van der Waals surface area contributed by atoms with Gasteiger partial charge in [-0.1, -0.05) is 0 Å². The Balaban J connectivity index is 2.85. The van der Waals surface area contributed by atoms with Gasteiger partial charge in [-0.3, -0.25) is 4.99 Å². The lowest BCUT2D eigenvalue weighted by Gasteiger charge is -1.69. The van der Waals surface area contributed by atoms with Gasteiger partial charge < -0.3 is 0 Å². The lowest BCUT2D eigenvalue weighted by Crippen LogP contribution is -1.52. The molecule has 0 amide bonds. The molecule has 0 unspecified atom stereocenters. The highest BCUT2D eigenvalue weighted by molar-refractivity contribution is 8.11. The zero-order valence-electron chi connectivity index (χ0n) is 3.59. The van der Waals surface area contributed by atoms with Crippen LogP contribution >= 0.6 is 11.9 Å². The van der Waals surface area contributed by atoms with Gasteiger partial charge >= 0.3 is 0 Å². The molecule has 0 bridgehead atoms. The monoisotopic (exact) mass is 102 g/mol. The van der Waals surface area contributed by atoms with Gasteiger partial charge in [-0.2, -0.15) is 0 Å². The molecule has 6 heavy (non-hydrogen) atoms. The molecule has 0 fully saturated rings. The van der Waals surface area contributed by atoms with Crippen molar-refractivity contribution >= 4 is 24.2 Å². The summed E-state index contributed by atoms with van der Waals surface area (Å²) in [6.07, 6.45) is 0. The maximum absolute atomic E-state index is 3.63. The number of aliphatic imine (C=N–C) groups is 1. The minimum atomic E-state index is 1.23. The Bertz CT molecular complexity index is 59.8. The van der Waals surface area contributed by atoms with Crippen molar-refractivity contribution in [1.29, 1.82) is 0 Å². The van der Waals surface area contributed by atoms with E-state index in [-0.39, 0.29) is 0 Å². The number of hydrogen-bond donors (Lipinski definition) is 0. The lowest BCUT2D eigenvalue weighted by molar-refractivity contribution is 1.49. The van der Waals surface area contributed by atoms with Crippen LogP contribution in [0.5, 0.6) is 0 Å². The van der Waals surface area contributed by atoms with E-state index < -0.39 is 0 Å². The van der Waals surface area contributed by atoms with Crippen LogP contribution in [0, 0.1) is 0 Å². The zero-order chi connectivity index (χ0) is 4.83. The van der Waals surface area contributed by atoms with Gasteiger partial charge in [-0.25, -0.2) is 4.40 Å². The largest absolute Gasteiger partial charge is 0.288 e. The highest BCUT2D eigenvalue weighted by Crippen LogP contribution is 1.89. The van der Waals surface area contributed by atoms with Crippen molar-refractivity contribution in [3.8, 4) is 0 Å². The predicted molar refractivity (Wildman–Crippen MR) is 31.6 cm³/mol. The highest BCUT2D eigenvalue weighted by atomic mass is 32.2. The molecule has 0 aliphatic rings. The summed E-state index contributed by atoms with van der Waals surface area (Å²) in [6, 6.07) is 0. The summed E-state index contributed by atoms with van der Waals surface area (Å²) in [5, 5.41) is 0. The third-order valence-corrected chi connectivity index (χ3v) is 0.681. The van der Waals surface area contributed by atoms with E-state index in [1.807, 2.05) is 0 Å². The van der Waals surface area contributed by atoms with Gasteiger partial charge in [0.25, 0.3) is 0 Å². The molecule has 0 aromatic heterocycles. The molecule has 0 aliphatic heterocycles. The molecule has 0 saturated heterocycles. The molecule has 0 radical (unpaired) electrons. The average molecular weight is 102 g/mol. The Morgan fingerprint density at radius 1 is 1.83 bits per heavy atom. The van der Waals surface area contributed by atoms with Gasteiger partial charge in [0.2, 0.25) is 0 Å². The predicted octanol–water partition coefficient (Wildman–Crippen LogP) is 0.993. The maximum atomic E-state index is 3.63. The van der Waals surface area contributed by atoms with E-state index in [0.717, 1.165) is 0 Å². The smallest absolute Gasteiger partial charge is 0.0767 e. The minimum Gasteiger partial charge on any atom is -0.288 e. The van der Waals surface area contributed by atoms with Gasteiger partial charge in [0.1, 0.15) is 0 Å². The Morgan fingerprint density at radius 3 is 2.67 bits per heavy atom. The molecule has 0 aliphatic carbocycles. The van der Waals surface area contributed by atoms with Crippen molar-refractivity contribution in [2.24, 2.45) is 9.39 Å².